The predicted molar refractivity (Wildman–Crippen MR) is 80.5 cm³/mol. The molecule has 120 valence electrons. The molecule has 2 rings (SSSR count). The first-order chi connectivity index (χ1) is 11.0. The van der Waals surface area contributed by atoms with Crippen molar-refractivity contribution < 1.29 is 29.7 Å². The third kappa shape index (κ3) is 4.17. The third-order valence-electron chi connectivity index (χ3n) is 2.56. The number of rotatable bonds is 7. The zero-order valence-electron chi connectivity index (χ0n) is 11.5. The highest BCUT2D eigenvalue weighted by atomic mass is 32.1. The predicted octanol–water partition coefficient (Wildman–Crippen LogP) is 1.13. The van der Waals surface area contributed by atoms with Crippen molar-refractivity contribution in [3.05, 3.63) is 34.8 Å². The van der Waals surface area contributed by atoms with Crippen LogP contribution in [0.25, 0.3) is 0 Å². The number of carboxylic acid groups (broad SMARTS) is 1. The topological polar surface area (TPSA) is 141 Å². The Labute approximate surface area is 133 Å². The maximum absolute atomic E-state index is 11.2. The van der Waals surface area contributed by atoms with Crippen LogP contribution in [0.2, 0.25) is 0 Å². The molecule has 0 spiro atoms. The number of amides is 1. The molecule has 0 radical (unpaired) electrons. The van der Waals surface area contributed by atoms with E-state index in [0.29, 0.717) is 12.0 Å². The summed E-state index contributed by atoms with van der Waals surface area (Å²) in [6.07, 6.45) is 0.425. The van der Waals surface area contributed by atoms with E-state index in [-0.39, 0.29) is 28.9 Å². The summed E-state index contributed by atoms with van der Waals surface area (Å²) >= 11 is 1.04. The number of hydrogen-bond donors (Lipinski definition) is 4. The number of nitrogens with zero attached hydrogens (tertiary/aromatic N) is 2. The summed E-state index contributed by atoms with van der Waals surface area (Å²) in [4.78, 5) is 30.3. The van der Waals surface area contributed by atoms with Crippen LogP contribution in [-0.4, -0.2) is 38.4 Å². The molecule has 1 aromatic carbocycles. The van der Waals surface area contributed by atoms with E-state index in [9.17, 15) is 19.8 Å². The van der Waals surface area contributed by atoms with Crippen LogP contribution in [0.4, 0.5) is 5.13 Å². The van der Waals surface area contributed by atoms with E-state index in [2.05, 4.69) is 15.5 Å². The van der Waals surface area contributed by atoms with Crippen molar-refractivity contribution in [2.45, 2.75) is 6.61 Å². The second-order valence-corrected chi connectivity index (χ2v) is 5.00. The third-order valence-corrected chi connectivity index (χ3v) is 3.33. The number of carbonyl (C=O) groups excluding carboxylic acids is 1. The van der Waals surface area contributed by atoms with Gasteiger partial charge in [0.2, 0.25) is 12.1 Å². The molecule has 9 nitrogen and oxygen atoms in total. The first-order valence-electron chi connectivity index (χ1n) is 6.11. The maximum atomic E-state index is 11.2. The highest BCUT2D eigenvalue weighted by Crippen LogP contribution is 2.25. The molecule has 0 atom stereocenters. The average molecular weight is 337 g/mol. The zero-order chi connectivity index (χ0) is 16.8. The first kappa shape index (κ1) is 16.2. The van der Waals surface area contributed by atoms with Crippen molar-refractivity contribution in [1.29, 1.82) is 0 Å². The Kier molecular flexibility index (Phi) is 5.10. The fraction of sp³-hybridized carbons (Fsp3) is 0.0769. The Morgan fingerprint density at radius 2 is 2.17 bits per heavy atom. The number of nitrogens with one attached hydrogen (secondary N) is 1. The van der Waals surface area contributed by atoms with Gasteiger partial charge in [0.1, 0.15) is 12.3 Å². The lowest BCUT2D eigenvalue weighted by Crippen LogP contribution is -2.15. The van der Waals surface area contributed by atoms with Crippen LogP contribution in [0.1, 0.15) is 11.3 Å². The minimum atomic E-state index is -1.35. The van der Waals surface area contributed by atoms with Gasteiger partial charge < -0.3 is 25.5 Å². The molecule has 0 fully saturated rings. The summed E-state index contributed by atoms with van der Waals surface area (Å²) in [5.74, 6) is -1.94. The molecule has 0 aliphatic carbocycles. The second kappa shape index (κ2) is 7.22. The summed E-state index contributed by atoms with van der Waals surface area (Å²) in [7, 11) is 0. The summed E-state index contributed by atoms with van der Waals surface area (Å²) in [6.45, 7) is -0.117. The standard InChI is InChI=1S/C13H11N3O6S/c17-6-14-13-15-8(5-23-13)11(12(20)21)16-22-4-7-1-2-9(18)10(19)3-7/h1-3,5-6,18-19H,4H2,(H,20,21)(H,14,15,17)/b16-11-. The van der Waals surface area contributed by atoms with E-state index in [1.807, 2.05) is 0 Å². The van der Waals surface area contributed by atoms with Crippen molar-refractivity contribution in [3.8, 4) is 11.5 Å². The molecule has 0 saturated heterocycles. The molecule has 0 aliphatic rings. The number of benzene rings is 1. The number of carboxylic acids is 1. The Hall–Kier alpha value is -3.14. The van der Waals surface area contributed by atoms with Gasteiger partial charge in [0.15, 0.2) is 16.6 Å². The number of oxime groups is 1. The molecule has 10 heteroatoms. The molecular formula is C13H11N3O6S. The number of thiazole rings is 1. The van der Waals surface area contributed by atoms with Gasteiger partial charge in [-0.05, 0) is 17.7 Å². The van der Waals surface area contributed by atoms with E-state index in [1.54, 1.807) is 0 Å². The normalized spacial score (nSPS) is 11.0. The second-order valence-electron chi connectivity index (χ2n) is 4.14. The van der Waals surface area contributed by atoms with Gasteiger partial charge in [-0.1, -0.05) is 11.2 Å². The Balaban J connectivity index is 2.10. The summed E-state index contributed by atoms with van der Waals surface area (Å²) in [5.41, 5.74) is 0.0963. The van der Waals surface area contributed by atoms with Gasteiger partial charge in [0, 0.05) is 5.38 Å². The molecular weight excluding hydrogens is 326 g/mol. The lowest BCUT2D eigenvalue weighted by molar-refractivity contribution is -0.129. The number of phenolic OH excluding ortho intramolecular Hbond substituents is 2. The number of phenols is 2. The number of carbonyl (C=O) groups is 2. The molecule has 0 aliphatic heterocycles. The smallest absolute Gasteiger partial charge is 0.360 e. The van der Waals surface area contributed by atoms with Gasteiger partial charge in [-0.25, -0.2) is 9.78 Å². The maximum Gasteiger partial charge on any atom is 0.360 e. The van der Waals surface area contributed by atoms with Crippen LogP contribution < -0.4 is 5.32 Å². The number of anilines is 1. The average Bonchev–Trinajstić information content (AvgIpc) is 2.95. The van der Waals surface area contributed by atoms with E-state index < -0.39 is 11.7 Å². The number of hydrogen-bond acceptors (Lipinski definition) is 8. The monoisotopic (exact) mass is 337 g/mol. The van der Waals surface area contributed by atoms with Crippen LogP contribution in [0.3, 0.4) is 0 Å². The lowest BCUT2D eigenvalue weighted by Gasteiger charge is -2.03. The summed E-state index contributed by atoms with van der Waals surface area (Å²) in [6, 6.07) is 4.02. The number of aliphatic carboxylic acids is 1. The Morgan fingerprint density at radius 1 is 1.39 bits per heavy atom. The van der Waals surface area contributed by atoms with Gasteiger partial charge >= 0.3 is 5.97 Å². The van der Waals surface area contributed by atoms with Crippen LogP contribution in [0, 0.1) is 0 Å². The molecule has 0 saturated carbocycles. The zero-order valence-corrected chi connectivity index (χ0v) is 12.3. The van der Waals surface area contributed by atoms with Crippen molar-refractivity contribution in [2.75, 3.05) is 5.32 Å². The highest BCUT2D eigenvalue weighted by Gasteiger charge is 2.17. The molecule has 1 heterocycles. The largest absolute Gasteiger partial charge is 0.504 e. The molecule has 2 aromatic rings. The lowest BCUT2D eigenvalue weighted by atomic mass is 10.2. The fourth-order valence-corrected chi connectivity index (χ4v) is 2.18. The Morgan fingerprint density at radius 3 is 2.83 bits per heavy atom. The molecule has 23 heavy (non-hydrogen) atoms. The highest BCUT2D eigenvalue weighted by molar-refractivity contribution is 7.14. The molecule has 0 unspecified atom stereocenters. The van der Waals surface area contributed by atoms with Crippen molar-refractivity contribution >= 4 is 34.6 Å². The number of aromatic nitrogens is 1. The van der Waals surface area contributed by atoms with Gasteiger partial charge in [0.25, 0.3) is 0 Å². The van der Waals surface area contributed by atoms with Crippen LogP contribution in [0.5, 0.6) is 11.5 Å². The van der Waals surface area contributed by atoms with Gasteiger partial charge in [-0.15, -0.1) is 11.3 Å². The fourth-order valence-electron chi connectivity index (χ4n) is 1.52. The van der Waals surface area contributed by atoms with Gasteiger partial charge in [-0.2, -0.15) is 0 Å². The van der Waals surface area contributed by atoms with E-state index in [1.165, 1.54) is 23.6 Å². The van der Waals surface area contributed by atoms with E-state index >= 15 is 0 Å². The summed E-state index contributed by atoms with van der Waals surface area (Å²) in [5, 5.41) is 35.1. The molecule has 4 N–H and O–H groups in total. The van der Waals surface area contributed by atoms with Crippen LogP contribution in [-0.2, 0) is 21.0 Å². The van der Waals surface area contributed by atoms with Gasteiger partial charge in [-0.3, -0.25) is 4.79 Å². The number of aromatic hydroxyl groups is 2. The molecule has 1 aromatic heterocycles. The minimum Gasteiger partial charge on any atom is -0.504 e. The van der Waals surface area contributed by atoms with Gasteiger partial charge in [0.05, 0.1) is 0 Å². The van der Waals surface area contributed by atoms with Crippen molar-refractivity contribution in [3.63, 3.8) is 0 Å². The van der Waals surface area contributed by atoms with E-state index in [0.717, 1.165) is 11.3 Å². The SMILES string of the molecule is O=CNc1nc(/C(=N/OCc2ccc(O)c(O)c2)C(=O)O)cs1. The molecule has 0 bridgehead atoms. The van der Waals surface area contributed by atoms with Crippen LogP contribution >= 0.6 is 11.3 Å². The van der Waals surface area contributed by atoms with Crippen molar-refractivity contribution in [2.24, 2.45) is 5.16 Å². The summed E-state index contributed by atoms with van der Waals surface area (Å²) < 4.78 is 0. The van der Waals surface area contributed by atoms with Crippen molar-refractivity contribution in [1.82, 2.24) is 4.98 Å². The van der Waals surface area contributed by atoms with Crippen LogP contribution in [0.15, 0.2) is 28.7 Å². The Bertz CT molecular complexity index is 758. The first-order valence-corrected chi connectivity index (χ1v) is 6.99. The molecule has 1 amide bonds. The minimum absolute atomic E-state index is 0.0420. The van der Waals surface area contributed by atoms with E-state index in [4.69, 9.17) is 9.94 Å². The quantitative estimate of drug-likeness (QED) is 0.257.